The van der Waals surface area contributed by atoms with Crippen molar-refractivity contribution in [2.75, 3.05) is 61.1 Å². The van der Waals surface area contributed by atoms with Gasteiger partial charge in [-0.3, -0.25) is 4.79 Å². The molecule has 1 amide bonds. The van der Waals surface area contributed by atoms with Gasteiger partial charge in [-0.15, -0.1) is 0 Å². The molecule has 1 aromatic heterocycles. The molecule has 2 fully saturated rings. The second kappa shape index (κ2) is 10.3. The minimum Gasteiger partial charge on any atom is -0.378 e. The molecular weight excluding hydrogens is 478 g/mol. The summed E-state index contributed by atoms with van der Waals surface area (Å²) in [6.45, 7) is 8.09. The number of ether oxygens (including phenoxy) is 1. The molecule has 1 aromatic carbocycles. The normalized spacial score (nSPS) is 22.9. The number of carbonyl (C=O) groups excluding carboxylic acids is 1. The molecule has 0 spiro atoms. The molecule has 0 bridgehead atoms. The second-order valence-electron chi connectivity index (χ2n) is 10.7. The van der Waals surface area contributed by atoms with E-state index in [0.29, 0.717) is 25.7 Å². The van der Waals surface area contributed by atoms with Gasteiger partial charge in [0, 0.05) is 70.1 Å². The van der Waals surface area contributed by atoms with Gasteiger partial charge in [-0.25, -0.2) is 4.98 Å². The van der Waals surface area contributed by atoms with Crippen LogP contribution in [0.25, 0.3) is 0 Å². The van der Waals surface area contributed by atoms with Crippen LogP contribution in [0, 0.1) is 11.3 Å². The number of methoxy groups -OCH3 is 1. The largest absolute Gasteiger partial charge is 0.378 e. The predicted molar refractivity (Wildman–Crippen MR) is 146 cm³/mol. The molecule has 2 aromatic rings. The van der Waals surface area contributed by atoms with E-state index in [1.165, 1.54) is 22.9 Å². The fraction of sp³-hybridized carbons (Fsp3) is 0.517. The Balaban J connectivity index is 1.31. The smallest absolute Gasteiger partial charge is 0.246 e. The van der Waals surface area contributed by atoms with Gasteiger partial charge in [-0.2, -0.15) is 10.2 Å². The van der Waals surface area contributed by atoms with Gasteiger partial charge in [-0.05, 0) is 37.0 Å². The molecule has 6 rings (SSSR count). The monoisotopic (exact) mass is 513 g/mol. The SMILES string of the molecule is C=CC(=O)N1CCN(c2nc(N3CC(OC)C3)nc3c2CC[C@@H](N2CCc4ccccc42)C3)C[C@@H]1CC#N. The summed E-state index contributed by atoms with van der Waals surface area (Å²) in [5.74, 6) is 1.62. The van der Waals surface area contributed by atoms with Gasteiger partial charge in [0.1, 0.15) is 5.82 Å². The summed E-state index contributed by atoms with van der Waals surface area (Å²) in [5, 5.41) is 9.47. The van der Waals surface area contributed by atoms with E-state index in [0.717, 1.165) is 62.8 Å². The third-order valence-corrected chi connectivity index (χ3v) is 8.61. The van der Waals surface area contributed by atoms with Gasteiger partial charge in [-0.1, -0.05) is 24.8 Å². The Morgan fingerprint density at radius 2 is 2.00 bits per heavy atom. The summed E-state index contributed by atoms with van der Waals surface area (Å²) < 4.78 is 5.51. The fourth-order valence-corrected chi connectivity index (χ4v) is 6.46. The van der Waals surface area contributed by atoms with Crippen molar-refractivity contribution in [3.05, 3.63) is 53.7 Å². The van der Waals surface area contributed by atoms with E-state index in [-0.39, 0.29) is 24.5 Å². The average Bonchev–Trinajstić information content (AvgIpc) is 3.36. The Hall–Kier alpha value is -3.64. The van der Waals surface area contributed by atoms with Gasteiger partial charge in [0.05, 0.1) is 30.3 Å². The number of carbonyl (C=O) groups is 1. The molecule has 0 saturated carbocycles. The number of fused-ring (bicyclic) bond motifs is 2. The quantitative estimate of drug-likeness (QED) is 0.544. The first-order valence-corrected chi connectivity index (χ1v) is 13.7. The van der Waals surface area contributed by atoms with Crippen LogP contribution in [-0.2, 0) is 28.8 Å². The zero-order valence-electron chi connectivity index (χ0n) is 22.1. The summed E-state index contributed by atoms with van der Waals surface area (Å²) in [5.41, 5.74) is 5.15. The van der Waals surface area contributed by atoms with E-state index in [2.05, 4.69) is 51.6 Å². The van der Waals surface area contributed by atoms with Gasteiger partial charge in [0.15, 0.2) is 0 Å². The maximum atomic E-state index is 12.5. The van der Waals surface area contributed by atoms with E-state index < -0.39 is 0 Å². The standard InChI is InChI=1S/C29H35N7O2/c1-3-27(37)36-15-14-33(17-22(36)10-12-30)28-24-9-8-21(35-13-11-20-6-4-5-7-26(20)35)16-25(24)31-29(32-28)34-18-23(19-34)38-2/h3-7,21-23H,1,8-11,13-19H2,2H3/t21-,22+/m1/s1. The average molecular weight is 514 g/mol. The van der Waals surface area contributed by atoms with E-state index in [1.807, 2.05) is 0 Å². The van der Waals surface area contributed by atoms with Gasteiger partial charge >= 0.3 is 0 Å². The summed E-state index contributed by atoms with van der Waals surface area (Å²) in [6, 6.07) is 11.3. The number of piperazine rings is 1. The van der Waals surface area contributed by atoms with Crippen molar-refractivity contribution in [2.45, 2.75) is 50.3 Å². The summed E-state index contributed by atoms with van der Waals surface area (Å²) >= 11 is 0. The van der Waals surface area contributed by atoms with Gasteiger partial charge < -0.3 is 24.3 Å². The zero-order chi connectivity index (χ0) is 26.2. The van der Waals surface area contributed by atoms with Crippen LogP contribution in [0.3, 0.4) is 0 Å². The van der Waals surface area contributed by atoms with E-state index in [4.69, 9.17) is 14.7 Å². The molecule has 3 aliphatic heterocycles. The summed E-state index contributed by atoms with van der Waals surface area (Å²) in [7, 11) is 1.75. The summed E-state index contributed by atoms with van der Waals surface area (Å²) in [6.07, 6.45) is 5.81. The molecule has 9 nitrogen and oxygen atoms in total. The van der Waals surface area contributed by atoms with Gasteiger partial charge in [0.2, 0.25) is 11.9 Å². The second-order valence-corrected chi connectivity index (χ2v) is 10.7. The maximum absolute atomic E-state index is 12.5. The molecular formula is C29H35N7O2. The van der Waals surface area contributed by atoms with Gasteiger partial charge in [0.25, 0.3) is 0 Å². The van der Waals surface area contributed by atoms with Crippen molar-refractivity contribution in [1.29, 1.82) is 5.26 Å². The fourth-order valence-electron chi connectivity index (χ4n) is 6.46. The molecule has 38 heavy (non-hydrogen) atoms. The lowest BCUT2D eigenvalue weighted by atomic mass is 9.90. The first kappa shape index (κ1) is 24.7. The Morgan fingerprint density at radius 3 is 2.79 bits per heavy atom. The molecule has 2 atom stereocenters. The number of aromatic nitrogens is 2. The Bertz CT molecular complexity index is 1270. The number of benzene rings is 1. The maximum Gasteiger partial charge on any atom is 0.246 e. The molecule has 9 heteroatoms. The Morgan fingerprint density at radius 1 is 1.16 bits per heavy atom. The van der Waals surface area contributed by atoms with E-state index >= 15 is 0 Å². The van der Waals surface area contributed by atoms with Crippen molar-refractivity contribution >= 4 is 23.4 Å². The van der Waals surface area contributed by atoms with E-state index in [9.17, 15) is 10.1 Å². The van der Waals surface area contributed by atoms with Crippen LogP contribution in [0.1, 0.15) is 29.7 Å². The number of hydrogen-bond acceptors (Lipinski definition) is 8. The van der Waals surface area contributed by atoms with Crippen LogP contribution in [-0.4, -0.2) is 85.3 Å². The van der Waals surface area contributed by atoms with Crippen LogP contribution in [0.5, 0.6) is 0 Å². The lowest BCUT2D eigenvalue weighted by Gasteiger charge is -2.43. The lowest BCUT2D eigenvalue weighted by Crippen LogP contribution is -2.56. The van der Waals surface area contributed by atoms with Crippen molar-refractivity contribution < 1.29 is 9.53 Å². The number of nitrogens with zero attached hydrogens (tertiary/aromatic N) is 7. The third kappa shape index (κ3) is 4.37. The third-order valence-electron chi connectivity index (χ3n) is 8.61. The number of rotatable bonds is 6. The minimum atomic E-state index is -0.187. The van der Waals surface area contributed by atoms with Crippen molar-refractivity contribution in [2.24, 2.45) is 0 Å². The number of amides is 1. The number of para-hydroxylation sites is 1. The van der Waals surface area contributed by atoms with Crippen molar-refractivity contribution in [1.82, 2.24) is 14.9 Å². The molecule has 4 heterocycles. The Labute approximate surface area is 224 Å². The van der Waals surface area contributed by atoms with E-state index in [1.54, 1.807) is 12.0 Å². The molecule has 1 aliphatic carbocycles. The first-order valence-electron chi connectivity index (χ1n) is 13.7. The lowest BCUT2D eigenvalue weighted by molar-refractivity contribution is -0.128. The van der Waals surface area contributed by atoms with Crippen LogP contribution in [0.2, 0.25) is 0 Å². The van der Waals surface area contributed by atoms with Crippen LogP contribution in [0.4, 0.5) is 17.5 Å². The Kier molecular flexibility index (Phi) is 6.66. The molecule has 0 radical (unpaired) electrons. The van der Waals surface area contributed by atoms with Crippen molar-refractivity contribution in [3.8, 4) is 6.07 Å². The molecule has 2 saturated heterocycles. The first-order chi connectivity index (χ1) is 18.6. The number of hydrogen-bond donors (Lipinski definition) is 0. The highest BCUT2D eigenvalue weighted by Crippen LogP contribution is 2.37. The number of nitriles is 1. The molecule has 0 N–H and O–H groups in total. The van der Waals surface area contributed by atoms with Crippen LogP contribution >= 0.6 is 0 Å². The predicted octanol–water partition coefficient (Wildman–Crippen LogP) is 2.35. The van der Waals surface area contributed by atoms with Crippen molar-refractivity contribution in [3.63, 3.8) is 0 Å². The topological polar surface area (TPSA) is 88.8 Å². The molecule has 198 valence electrons. The number of anilines is 3. The summed E-state index contributed by atoms with van der Waals surface area (Å²) in [4.78, 5) is 31.5. The zero-order valence-corrected chi connectivity index (χ0v) is 22.1. The highest BCUT2D eigenvalue weighted by molar-refractivity contribution is 5.87. The van der Waals surface area contributed by atoms with Crippen LogP contribution < -0.4 is 14.7 Å². The molecule has 4 aliphatic rings. The minimum absolute atomic E-state index is 0.116. The highest BCUT2D eigenvalue weighted by Gasteiger charge is 2.37. The highest BCUT2D eigenvalue weighted by atomic mass is 16.5. The molecule has 0 unspecified atom stereocenters. The van der Waals surface area contributed by atoms with Crippen LogP contribution in [0.15, 0.2) is 36.9 Å².